The highest BCUT2D eigenvalue weighted by Crippen LogP contribution is 1.97. The number of thiocarbonyl (C=S) groups is 1. The lowest BCUT2D eigenvalue weighted by Gasteiger charge is -2.21. The van der Waals surface area contributed by atoms with Crippen molar-refractivity contribution in [2.45, 2.75) is 39.5 Å². The normalized spacial score (nSPS) is 9.95. The number of hydrogen-bond donors (Lipinski definition) is 3. The summed E-state index contributed by atoms with van der Waals surface area (Å²) in [7, 11) is 0. The lowest BCUT2D eigenvalue weighted by molar-refractivity contribution is -0.123. The van der Waals surface area contributed by atoms with Crippen LogP contribution >= 0.6 is 24.8 Å². The minimum Gasteiger partial charge on any atom is -0.355 e. The van der Waals surface area contributed by atoms with E-state index in [-0.39, 0.29) is 29.2 Å². The zero-order chi connectivity index (χ0) is 15.4. The lowest BCUT2D eigenvalue weighted by atomic mass is 10.3. The molecule has 0 unspecified atom stereocenters. The number of unbranched alkanes of at least 4 members (excludes halogenated alkanes) is 2. The Morgan fingerprint density at radius 2 is 1.40 bits per heavy atom. The van der Waals surface area contributed by atoms with Crippen molar-refractivity contribution in [1.82, 2.24) is 15.5 Å². The molecule has 7 heteroatoms. The van der Waals surface area contributed by atoms with Crippen LogP contribution in [0.1, 0.15) is 39.5 Å². The molecule has 0 atom stereocenters. The van der Waals surface area contributed by atoms with E-state index >= 15 is 0 Å². The van der Waals surface area contributed by atoms with Crippen molar-refractivity contribution < 1.29 is 9.59 Å². The number of rotatable bonds is 10. The lowest BCUT2D eigenvalue weighted by Crippen LogP contribution is -2.44. The third-order valence-corrected chi connectivity index (χ3v) is 3.19. The van der Waals surface area contributed by atoms with Gasteiger partial charge in [-0.1, -0.05) is 38.9 Å². The third-order valence-electron chi connectivity index (χ3n) is 2.64. The molecule has 116 valence electrons. The van der Waals surface area contributed by atoms with Gasteiger partial charge in [0.1, 0.15) is 4.32 Å². The van der Waals surface area contributed by atoms with Crippen molar-refractivity contribution in [3.8, 4) is 0 Å². The van der Waals surface area contributed by atoms with Gasteiger partial charge in [0.05, 0.1) is 13.1 Å². The van der Waals surface area contributed by atoms with Crippen molar-refractivity contribution >= 4 is 41.0 Å². The van der Waals surface area contributed by atoms with Crippen molar-refractivity contribution in [3.63, 3.8) is 0 Å². The van der Waals surface area contributed by atoms with Gasteiger partial charge in [0, 0.05) is 13.1 Å². The highest BCUT2D eigenvalue weighted by molar-refractivity contribution is 8.10. The molecule has 0 fully saturated rings. The molecule has 0 rings (SSSR count). The molecule has 0 radical (unpaired) electrons. The molecule has 2 N–H and O–H groups in total. The molecule has 2 amide bonds. The van der Waals surface area contributed by atoms with E-state index in [1.54, 1.807) is 0 Å². The van der Waals surface area contributed by atoms with Crippen LogP contribution in [0.5, 0.6) is 0 Å². The number of carbonyl (C=O) groups is 2. The summed E-state index contributed by atoms with van der Waals surface area (Å²) < 4.78 is 0.251. The summed E-state index contributed by atoms with van der Waals surface area (Å²) in [5.74, 6) is -0.285. The van der Waals surface area contributed by atoms with Crippen LogP contribution in [0.2, 0.25) is 0 Å². The fourth-order valence-electron chi connectivity index (χ4n) is 1.46. The monoisotopic (exact) mass is 319 g/mol. The molecule has 0 aromatic heterocycles. The van der Waals surface area contributed by atoms with Gasteiger partial charge >= 0.3 is 0 Å². The zero-order valence-electron chi connectivity index (χ0n) is 12.3. The second-order valence-corrected chi connectivity index (χ2v) is 5.66. The van der Waals surface area contributed by atoms with Gasteiger partial charge in [-0.3, -0.25) is 9.59 Å². The van der Waals surface area contributed by atoms with Crippen molar-refractivity contribution in [1.29, 1.82) is 0 Å². The number of hydrogen-bond acceptors (Lipinski definition) is 3. The molecule has 0 aromatic rings. The van der Waals surface area contributed by atoms with Crippen LogP contribution in [0.25, 0.3) is 0 Å². The smallest absolute Gasteiger partial charge is 0.239 e. The molecular weight excluding hydrogens is 294 g/mol. The molecule has 0 saturated heterocycles. The Hall–Kier alpha value is -0.820. The van der Waals surface area contributed by atoms with E-state index in [4.69, 9.17) is 12.2 Å². The maximum atomic E-state index is 11.7. The van der Waals surface area contributed by atoms with Crippen molar-refractivity contribution in [3.05, 3.63) is 0 Å². The molecule has 5 nitrogen and oxygen atoms in total. The summed E-state index contributed by atoms with van der Waals surface area (Å²) in [5, 5.41) is 5.58. The maximum Gasteiger partial charge on any atom is 0.239 e. The second-order valence-electron chi connectivity index (χ2n) is 4.55. The highest BCUT2D eigenvalue weighted by Gasteiger charge is 2.15. The standard InChI is InChI=1S/C13H25N3O2S2/c1-3-5-7-14-11(17)9-16(13(19)20)10-12(18)15-8-6-4-2/h3-10H2,1-2H3,(H,14,17)(H,15,18)(H,19,20). The van der Waals surface area contributed by atoms with E-state index in [0.29, 0.717) is 13.1 Å². The summed E-state index contributed by atoms with van der Waals surface area (Å²) in [6, 6.07) is 0. The van der Waals surface area contributed by atoms with Gasteiger partial charge in [-0.15, -0.1) is 12.6 Å². The van der Waals surface area contributed by atoms with E-state index in [9.17, 15) is 9.59 Å². The zero-order valence-corrected chi connectivity index (χ0v) is 14.0. The Labute approximate surface area is 132 Å². The minimum absolute atomic E-state index is 0.0627. The Morgan fingerprint density at radius 3 is 1.70 bits per heavy atom. The van der Waals surface area contributed by atoms with Crippen LogP contribution < -0.4 is 10.6 Å². The van der Waals surface area contributed by atoms with E-state index in [1.807, 2.05) is 0 Å². The van der Waals surface area contributed by atoms with Gasteiger partial charge in [0.15, 0.2) is 0 Å². The van der Waals surface area contributed by atoms with Crippen molar-refractivity contribution in [2.24, 2.45) is 0 Å². The second kappa shape index (κ2) is 12.0. The Kier molecular flexibility index (Phi) is 11.5. The van der Waals surface area contributed by atoms with E-state index in [1.165, 1.54) is 4.90 Å². The minimum atomic E-state index is -0.142. The molecule has 0 heterocycles. The number of nitrogens with one attached hydrogen (secondary N) is 2. The molecule has 0 bridgehead atoms. The fourth-order valence-corrected chi connectivity index (χ4v) is 1.73. The average molecular weight is 319 g/mol. The number of thiol groups is 1. The quantitative estimate of drug-likeness (QED) is 0.323. The summed E-state index contributed by atoms with van der Waals surface area (Å²) in [6.07, 6.45) is 3.92. The predicted molar refractivity (Wildman–Crippen MR) is 89.0 cm³/mol. The van der Waals surface area contributed by atoms with Crippen molar-refractivity contribution in [2.75, 3.05) is 26.2 Å². The van der Waals surface area contributed by atoms with E-state index < -0.39 is 0 Å². The summed E-state index contributed by atoms with van der Waals surface area (Å²) in [5.41, 5.74) is 0. The predicted octanol–water partition coefficient (Wildman–Crippen LogP) is 1.34. The third kappa shape index (κ3) is 10.0. The molecule has 0 spiro atoms. The van der Waals surface area contributed by atoms with Crippen LogP contribution in [-0.4, -0.2) is 47.2 Å². The van der Waals surface area contributed by atoms with Crippen LogP contribution in [0.3, 0.4) is 0 Å². The van der Waals surface area contributed by atoms with Gasteiger partial charge in [-0.2, -0.15) is 0 Å². The van der Waals surface area contributed by atoms with E-state index in [0.717, 1.165) is 25.7 Å². The first-order valence-electron chi connectivity index (χ1n) is 7.02. The largest absolute Gasteiger partial charge is 0.355 e. The Bertz CT molecular complexity index is 301. The summed E-state index contributed by atoms with van der Waals surface area (Å²) in [4.78, 5) is 24.9. The van der Waals surface area contributed by atoms with Gasteiger partial charge in [0.25, 0.3) is 0 Å². The molecule has 0 saturated carbocycles. The first-order chi connectivity index (χ1) is 9.51. The molecule has 0 aromatic carbocycles. The van der Waals surface area contributed by atoms with Gasteiger partial charge in [0.2, 0.25) is 11.8 Å². The molecular formula is C13H25N3O2S2. The fraction of sp³-hybridized carbons (Fsp3) is 0.769. The molecule has 20 heavy (non-hydrogen) atoms. The van der Waals surface area contributed by atoms with E-state index in [2.05, 4.69) is 37.1 Å². The maximum absolute atomic E-state index is 11.7. The first kappa shape index (κ1) is 19.2. The number of amides is 2. The SMILES string of the molecule is CCCCNC(=O)CN(CC(=O)NCCCC)C(=S)S. The van der Waals surface area contributed by atoms with Gasteiger partial charge in [-0.05, 0) is 12.8 Å². The van der Waals surface area contributed by atoms with Crippen LogP contribution in [0.15, 0.2) is 0 Å². The molecule has 0 aliphatic rings. The summed E-state index contributed by atoms with van der Waals surface area (Å²) >= 11 is 9.01. The first-order valence-corrected chi connectivity index (χ1v) is 7.88. The molecule has 0 aliphatic heterocycles. The Balaban J connectivity index is 4.12. The average Bonchev–Trinajstić information content (AvgIpc) is 2.38. The summed E-state index contributed by atoms with van der Waals surface area (Å²) in [6.45, 7) is 5.53. The van der Waals surface area contributed by atoms with Gasteiger partial charge < -0.3 is 15.5 Å². The van der Waals surface area contributed by atoms with Gasteiger partial charge in [-0.25, -0.2) is 0 Å². The highest BCUT2D eigenvalue weighted by atomic mass is 32.1. The number of nitrogens with zero attached hydrogens (tertiary/aromatic N) is 1. The van der Waals surface area contributed by atoms with Crippen LogP contribution in [-0.2, 0) is 9.59 Å². The number of carbonyl (C=O) groups excluding carboxylic acids is 2. The topological polar surface area (TPSA) is 61.4 Å². The Morgan fingerprint density at radius 1 is 1.00 bits per heavy atom. The van der Waals surface area contributed by atoms with Crippen LogP contribution in [0.4, 0.5) is 0 Å². The van der Waals surface area contributed by atoms with Crippen LogP contribution in [0, 0.1) is 0 Å². The molecule has 0 aliphatic carbocycles.